The van der Waals surface area contributed by atoms with Crippen LogP contribution in [0, 0.1) is 5.41 Å². The van der Waals surface area contributed by atoms with Gasteiger partial charge in [-0.1, -0.05) is 26.8 Å². The van der Waals surface area contributed by atoms with Crippen LogP contribution in [0.15, 0.2) is 18.2 Å². The van der Waals surface area contributed by atoms with Gasteiger partial charge in [0.2, 0.25) is 0 Å². The third-order valence-electron chi connectivity index (χ3n) is 3.96. The minimum atomic E-state index is -1.46. The van der Waals surface area contributed by atoms with Crippen molar-refractivity contribution in [3.63, 3.8) is 0 Å². The first kappa shape index (κ1) is 17.0. The lowest BCUT2D eigenvalue weighted by molar-refractivity contribution is 0.135. The molecule has 112 valence electrons. The molecule has 0 amide bonds. The summed E-state index contributed by atoms with van der Waals surface area (Å²) in [7, 11) is 2.19. The molecule has 0 aliphatic carbocycles. The van der Waals surface area contributed by atoms with Gasteiger partial charge in [-0.15, -0.1) is 0 Å². The van der Waals surface area contributed by atoms with Crippen molar-refractivity contribution in [2.24, 2.45) is 5.41 Å². The van der Waals surface area contributed by atoms with Crippen molar-refractivity contribution in [1.29, 1.82) is 0 Å². The van der Waals surface area contributed by atoms with Crippen molar-refractivity contribution >= 4 is 12.6 Å². The van der Waals surface area contributed by atoms with Gasteiger partial charge < -0.3 is 14.8 Å². The summed E-state index contributed by atoms with van der Waals surface area (Å²) in [5.41, 5.74) is 1.56. The first-order valence-electron chi connectivity index (χ1n) is 6.90. The molecule has 0 radical (unpaired) electrons. The van der Waals surface area contributed by atoms with E-state index in [0.717, 1.165) is 11.3 Å². The summed E-state index contributed by atoms with van der Waals surface area (Å²) in [6.45, 7) is 9.41. The number of methoxy groups -OCH3 is 1. The lowest BCUT2D eigenvalue weighted by Crippen LogP contribution is -2.41. The number of rotatable bonds is 5. The molecular weight excluding hydrogens is 253 g/mol. The summed E-state index contributed by atoms with van der Waals surface area (Å²) in [5, 5.41) is 19.0. The van der Waals surface area contributed by atoms with Crippen LogP contribution < -0.4 is 10.2 Å². The Kier molecular flexibility index (Phi) is 5.63. The van der Waals surface area contributed by atoms with E-state index < -0.39 is 7.12 Å². The standard InChI is InChI=1S/C15H26BNO3/c1-11(15(2,3)4)17(5)10-12-9-13(20-6)7-8-14(12)16(18)19/h7-9,11,18-19H,10H2,1-6H3. The van der Waals surface area contributed by atoms with Gasteiger partial charge in [0.1, 0.15) is 5.75 Å². The van der Waals surface area contributed by atoms with Gasteiger partial charge >= 0.3 is 7.12 Å². The van der Waals surface area contributed by atoms with Crippen molar-refractivity contribution in [3.8, 4) is 5.75 Å². The summed E-state index contributed by atoms with van der Waals surface area (Å²) in [5.74, 6) is 0.723. The minimum absolute atomic E-state index is 0.158. The van der Waals surface area contributed by atoms with Gasteiger partial charge in [-0.3, -0.25) is 4.90 Å². The van der Waals surface area contributed by atoms with E-state index in [0.29, 0.717) is 18.0 Å². The van der Waals surface area contributed by atoms with E-state index in [9.17, 15) is 10.0 Å². The predicted molar refractivity (Wildman–Crippen MR) is 83.2 cm³/mol. The largest absolute Gasteiger partial charge is 0.497 e. The summed E-state index contributed by atoms with van der Waals surface area (Å²) in [4.78, 5) is 2.21. The molecule has 0 heterocycles. The Morgan fingerprint density at radius 1 is 1.30 bits per heavy atom. The van der Waals surface area contributed by atoms with Crippen molar-refractivity contribution < 1.29 is 14.8 Å². The smallest absolute Gasteiger partial charge is 0.488 e. The highest BCUT2D eigenvalue weighted by atomic mass is 16.5. The predicted octanol–water partition coefficient (Wildman–Crippen LogP) is 1.24. The quantitative estimate of drug-likeness (QED) is 0.796. The molecule has 0 saturated carbocycles. The first-order chi connectivity index (χ1) is 9.16. The molecule has 1 unspecified atom stereocenters. The van der Waals surface area contributed by atoms with Crippen molar-refractivity contribution in [2.45, 2.75) is 40.3 Å². The molecule has 0 aliphatic heterocycles. The Morgan fingerprint density at radius 3 is 2.35 bits per heavy atom. The normalized spacial score (nSPS) is 13.4. The van der Waals surface area contributed by atoms with Gasteiger partial charge in [0.25, 0.3) is 0 Å². The Balaban J connectivity index is 3.00. The highest BCUT2D eigenvalue weighted by Crippen LogP contribution is 2.24. The SMILES string of the molecule is COc1ccc(B(O)O)c(CN(C)C(C)C(C)(C)C)c1. The number of nitrogens with zero attached hydrogens (tertiary/aromatic N) is 1. The monoisotopic (exact) mass is 279 g/mol. The molecule has 1 aromatic carbocycles. The number of ether oxygens (including phenoxy) is 1. The highest BCUT2D eigenvalue weighted by molar-refractivity contribution is 6.59. The second-order valence-corrected chi connectivity index (χ2v) is 6.40. The van der Waals surface area contributed by atoms with Crippen molar-refractivity contribution in [2.75, 3.05) is 14.2 Å². The topological polar surface area (TPSA) is 52.9 Å². The van der Waals surface area contributed by atoms with E-state index in [1.165, 1.54) is 0 Å². The molecule has 5 heteroatoms. The van der Waals surface area contributed by atoms with E-state index in [2.05, 4.69) is 32.6 Å². The van der Waals surface area contributed by atoms with E-state index in [4.69, 9.17) is 4.74 Å². The lowest BCUT2D eigenvalue weighted by Gasteiger charge is -2.35. The van der Waals surface area contributed by atoms with Crippen molar-refractivity contribution in [1.82, 2.24) is 4.90 Å². The van der Waals surface area contributed by atoms with Gasteiger partial charge in [0.15, 0.2) is 0 Å². The van der Waals surface area contributed by atoms with Crippen LogP contribution in [0.4, 0.5) is 0 Å². The number of benzene rings is 1. The number of hydrogen-bond donors (Lipinski definition) is 2. The molecule has 4 nitrogen and oxygen atoms in total. The molecule has 0 aliphatic rings. The van der Waals surface area contributed by atoms with Crippen LogP contribution in [-0.4, -0.2) is 42.3 Å². The lowest BCUT2D eigenvalue weighted by atomic mass is 9.76. The van der Waals surface area contributed by atoms with Crippen LogP contribution in [-0.2, 0) is 6.54 Å². The molecule has 1 aromatic rings. The third-order valence-corrected chi connectivity index (χ3v) is 3.96. The van der Waals surface area contributed by atoms with Crippen LogP contribution >= 0.6 is 0 Å². The van der Waals surface area contributed by atoms with Crippen LogP contribution in [0.25, 0.3) is 0 Å². The summed E-state index contributed by atoms with van der Waals surface area (Å²) >= 11 is 0. The first-order valence-corrected chi connectivity index (χ1v) is 6.90. The molecule has 0 bridgehead atoms. The maximum Gasteiger partial charge on any atom is 0.488 e. The fraction of sp³-hybridized carbons (Fsp3) is 0.600. The van der Waals surface area contributed by atoms with E-state index in [1.54, 1.807) is 19.2 Å². The molecule has 0 saturated heterocycles. The molecular formula is C15H26BNO3. The second-order valence-electron chi connectivity index (χ2n) is 6.40. The highest BCUT2D eigenvalue weighted by Gasteiger charge is 2.25. The van der Waals surface area contributed by atoms with Crippen molar-refractivity contribution in [3.05, 3.63) is 23.8 Å². The van der Waals surface area contributed by atoms with E-state index in [1.807, 2.05) is 13.1 Å². The van der Waals surface area contributed by atoms with Gasteiger partial charge in [-0.05, 0) is 42.5 Å². The summed E-state index contributed by atoms with van der Waals surface area (Å²) in [6, 6.07) is 5.66. The minimum Gasteiger partial charge on any atom is -0.497 e. The van der Waals surface area contributed by atoms with Gasteiger partial charge in [-0.25, -0.2) is 0 Å². The molecule has 0 aromatic heterocycles. The maximum atomic E-state index is 9.48. The molecule has 0 spiro atoms. The Morgan fingerprint density at radius 2 is 1.90 bits per heavy atom. The van der Waals surface area contributed by atoms with Gasteiger partial charge in [-0.2, -0.15) is 0 Å². The van der Waals surface area contributed by atoms with Gasteiger partial charge in [0.05, 0.1) is 7.11 Å². The molecule has 0 fully saturated rings. The molecule has 1 rings (SSSR count). The molecule has 1 atom stereocenters. The fourth-order valence-electron chi connectivity index (χ4n) is 2.16. The van der Waals surface area contributed by atoms with Crippen LogP contribution in [0.1, 0.15) is 33.3 Å². The Labute approximate surface area is 122 Å². The van der Waals surface area contributed by atoms with E-state index in [-0.39, 0.29) is 5.41 Å². The van der Waals surface area contributed by atoms with Crippen LogP contribution in [0.3, 0.4) is 0 Å². The van der Waals surface area contributed by atoms with Gasteiger partial charge in [0, 0.05) is 12.6 Å². The number of hydrogen-bond acceptors (Lipinski definition) is 4. The average Bonchev–Trinajstić information content (AvgIpc) is 2.36. The summed E-state index contributed by atoms with van der Waals surface area (Å²) in [6.07, 6.45) is 0. The zero-order chi connectivity index (χ0) is 15.5. The van der Waals surface area contributed by atoms with Crippen LogP contribution in [0.5, 0.6) is 5.75 Å². The Bertz CT molecular complexity index is 443. The zero-order valence-corrected chi connectivity index (χ0v) is 13.3. The zero-order valence-electron chi connectivity index (χ0n) is 13.3. The maximum absolute atomic E-state index is 9.48. The summed E-state index contributed by atoms with van der Waals surface area (Å²) < 4.78 is 5.22. The van der Waals surface area contributed by atoms with Crippen LogP contribution in [0.2, 0.25) is 0 Å². The third kappa shape index (κ3) is 4.23. The fourth-order valence-corrected chi connectivity index (χ4v) is 2.16. The molecule has 20 heavy (non-hydrogen) atoms. The average molecular weight is 279 g/mol. The Hall–Kier alpha value is -1.04. The molecule has 2 N–H and O–H groups in total. The van der Waals surface area contributed by atoms with E-state index >= 15 is 0 Å². The second kappa shape index (κ2) is 6.61.